The number of hydrogen-bond acceptors (Lipinski definition) is 0. The zero-order valence-electron chi connectivity index (χ0n) is 37.9. The predicted molar refractivity (Wildman–Crippen MR) is 297 cm³/mol. The van der Waals surface area contributed by atoms with Gasteiger partial charge >= 0.3 is 0 Å². The molecule has 0 amide bonds. The molecule has 0 radical (unpaired) electrons. The van der Waals surface area contributed by atoms with E-state index < -0.39 is 0 Å². The zero-order valence-corrected chi connectivity index (χ0v) is 37.9. The van der Waals surface area contributed by atoms with E-state index in [-0.39, 0.29) is 0 Å². The molecule has 0 atom stereocenters. The highest BCUT2D eigenvalue weighted by atomic mass is 15.0. The van der Waals surface area contributed by atoms with Crippen molar-refractivity contribution >= 4 is 98.4 Å². The van der Waals surface area contributed by atoms with Crippen LogP contribution in [0.2, 0.25) is 0 Å². The van der Waals surface area contributed by atoms with Crippen LogP contribution in [0.25, 0.3) is 132 Å². The second-order valence-corrected chi connectivity index (χ2v) is 18.4. The monoisotopic (exact) mass is 876 g/mol. The molecule has 69 heavy (non-hydrogen) atoms. The second kappa shape index (κ2) is 15.6. The summed E-state index contributed by atoms with van der Waals surface area (Å²) in [4.78, 5) is 0. The van der Waals surface area contributed by atoms with E-state index in [1.807, 2.05) is 0 Å². The molecule has 11 aromatic carbocycles. The van der Waals surface area contributed by atoms with Crippen molar-refractivity contribution in [2.24, 2.45) is 0 Å². The molecule has 13 aromatic rings. The summed E-state index contributed by atoms with van der Waals surface area (Å²) < 4.78 is 4.86. The molecule has 2 heteroatoms. The summed E-state index contributed by atoms with van der Waals surface area (Å²) in [5.74, 6) is 0. The lowest BCUT2D eigenvalue weighted by Gasteiger charge is -2.21. The van der Waals surface area contributed by atoms with Crippen molar-refractivity contribution in [2.75, 3.05) is 0 Å². The van der Waals surface area contributed by atoms with Crippen LogP contribution < -0.4 is 0 Å². The van der Waals surface area contributed by atoms with Crippen molar-refractivity contribution in [2.45, 2.75) is 6.42 Å². The summed E-state index contributed by atoms with van der Waals surface area (Å²) in [5, 5.41) is 14.9. The number of aromatic nitrogens is 2. The minimum Gasteiger partial charge on any atom is -0.309 e. The minimum atomic E-state index is 0.845. The molecule has 0 aliphatic heterocycles. The molecule has 0 saturated heterocycles. The van der Waals surface area contributed by atoms with Crippen LogP contribution >= 0.6 is 0 Å². The molecular weight excluding hydrogens is 833 g/mol. The van der Waals surface area contributed by atoms with E-state index in [0.29, 0.717) is 0 Å². The third kappa shape index (κ3) is 6.12. The van der Waals surface area contributed by atoms with E-state index >= 15 is 0 Å². The van der Waals surface area contributed by atoms with E-state index in [9.17, 15) is 0 Å². The molecule has 0 spiro atoms. The van der Waals surface area contributed by atoms with Crippen molar-refractivity contribution < 1.29 is 0 Å². The van der Waals surface area contributed by atoms with Crippen molar-refractivity contribution in [3.05, 3.63) is 254 Å². The largest absolute Gasteiger partial charge is 0.309 e. The van der Waals surface area contributed by atoms with E-state index in [1.165, 1.54) is 120 Å². The fourth-order valence-electron chi connectivity index (χ4n) is 11.5. The van der Waals surface area contributed by atoms with Gasteiger partial charge in [0.1, 0.15) is 0 Å². The van der Waals surface area contributed by atoms with Gasteiger partial charge in [-0.3, -0.25) is 0 Å². The summed E-state index contributed by atoms with van der Waals surface area (Å²) in [6, 6.07) is 76.4. The van der Waals surface area contributed by atoms with Gasteiger partial charge in [0, 0.05) is 32.9 Å². The molecule has 322 valence electrons. The van der Waals surface area contributed by atoms with Crippen LogP contribution in [0.4, 0.5) is 0 Å². The van der Waals surface area contributed by atoms with E-state index in [4.69, 9.17) is 6.58 Å². The first-order chi connectivity index (χ1) is 34.2. The molecule has 0 fully saturated rings. The molecule has 2 heterocycles. The molecule has 14 rings (SSSR count). The maximum Gasteiger partial charge on any atom is 0.0541 e. The summed E-state index contributed by atoms with van der Waals surface area (Å²) in [5.41, 5.74) is 15.2. The highest BCUT2D eigenvalue weighted by Crippen LogP contribution is 2.46. The second-order valence-electron chi connectivity index (χ2n) is 18.4. The van der Waals surface area contributed by atoms with Gasteiger partial charge in [-0.25, -0.2) is 0 Å². The van der Waals surface area contributed by atoms with Crippen LogP contribution in [0.3, 0.4) is 0 Å². The zero-order chi connectivity index (χ0) is 45.6. The Hall–Kier alpha value is -8.98. The number of para-hydroxylation sites is 2. The molecule has 0 bridgehead atoms. The van der Waals surface area contributed by atoms with E-state index in [0.717, 1.165) is 23.2 Å². The number of rotatable bonds is 4. The van der Waals surface area contributed by atoms with Crippen LogP contribution in [0.1, 0.15) is 17.5 Å². The third-order valence-electron chi connectivity index (χ3n) is 14.6. The topological polar surface area (TPSA) is 9.86 Å². The number of nitrogens with zero attached hydrogens (tertiary/aromatic N) is 2. The van der Waals surface area contributed by atoms with Gasteiger partial charge in [0.05, 0.1) is 22.1 Å². The quantitative estimate of drug-likeness (QED) is 0.156. The minimum absolute atomic E-state index is 0.845. The van der Waals surface area contributed by atoms with Gasteiger partial charge in [0.25, 0.3) is 0 Å². The van der Waals surface area contributed by atoms with Crippen molar-refractivity contribution in [3.63, 3.8) is 0 Å². The van der Waals surface area contributed by atoms with Crippen molar-refractivity contribution in [3.8, 4) is 33.6 Å². The summed E-state index contributed by atoms with van der Waals surface area (Å²) >= 11 is 0. The first-order valence-corrected chi connectivity index (χ1v) is 23.9. The summed E-state index contributed by atoms with van der Waals surface area (Å²) in [6.45, 7) is 4.75. The molecule has 1 aliphatic carbocycles. The lowest BCUT2D eigenvalue weighted by atomic mass is 9.82. The molecule has 0 saturated carbocycles. The van der Waals surface area contributed by atoms with Gasteiger partial charge in [-0.2, -0.15) is 0 Å². The average molecular weight is 877 g/mol. The fraction of sp³-hybridized carbons (Fsp3) is 0.0149. The van der Waals surface area contributed by atoms with Crippen molar-refractivity contribution in [1.82, 2.24) is 9.13 Å². The normalized spacial score (nSPS) is 14.4. The van der Waals surface area contributed by atoms with Crippen molar-refractivity contribution in [1.29, 1.82) is 0 Å². The van der Waals surface area contributed by atoms with Crippen LogP contribution in [0, 0.1) is 0 Å². The van der Waals surface area contributed by atoms with Crippen LogP contribution in [0.15, 0.2) is 243 Å². The first kappa shape index (κ1) is 39.2. The number of fused-ring (bicyclic) bond motifs is 15. The van der Waals surface area contributed by atoms with Gasteiger partial charge in [-0.15, -0.1) is 0 Å². The Labute approximate surface area is 399 Å². The van der Waals surface area contributed by atoms with Gasteiger partial charge in [-0.1, -0.05) is 183 Å². The smallest absolute Gasteiger partial charge is 0.0541 e. The van der Waals surface area contributed by atoms with Crippen LogP contribution in [0.5, 0.6) is 0 Å². The SMILES string of the molecule is C=C1/C=C\C=C/C/C=C\c2c(-c3cccc(-n4c5ccccc5c5cc(-c6ccc7c(c6)c6ccccc6n7-c6ccc7ccccc7c6)ccc54)c3)cc3c4ccccc4c4ccccc4c3c21. The summed E-state index contributed by atoms with van der Waals surface area (Å²) in [6.07, 6.45) is 14.1. The molecule has 0 unspecified atom stereocenters. The maximum atomic E-state index is 4.75. The molecule has 0 N–H and O–H groups in total. The van der Waals surface area contributed by atoms with E-state index in [1.54, 1.807) is 0 Å². The Morgan fingerprint density at radius 2 is 0.913 bits per heavy atom. The van der Waals surface area contributed by atoms with Gasteiger partial charge in [0.2, 0.25) is 0 Å². The maximum absolute atomic E-state index is 4.75. The van der Waals surface area contributed by atoms with Gasteiger partial charge in [-0.05, 0) is 155 Å². The standard InChI is InChI=1S/C67H44N2/c1-43-18-5-3-2-4-6-28-57-58(42-61-53-25-10-9-23-51(53)52-24-11-12-29-56(52)67(61)66(43)57)48-21-17-22-49(39-48)68-62-30-15-13-26-54(62)59-40-46(33-36-64(59)68)47-34-37-65-60(41-47)55-27-14-16-31-63(55)69(65)50-35-32-44-19-7-8-20-45(44)38-50/h2-3,5-42H,1,4H2/b3-2-,18-5-,28-6-. The van der Waals surface area contributed by atoms with E-state index in [2.05, 4.69) is 252 Å². The highest BCUT2D eigenvalue weighted by molar-refractivity contribution is 6.29. The van der Waals surface area contributed by atoms with Crippen LogP contribution in [-0.2, 0) is 0 Å². The number of allylic oxidation sites excluding steroid dienone is 6. The average Bonchev–Trinajstić information content (AvgIpc) is 3.92. The number of hydrogen-bond donors (Lipinski definition) is 0. The molecular formula is C67H44N2. The number of benzene rings is 11. The Morgan fingerprint density at radius 1 is 0.348 bits per heavy atom. The predicted octanol–water partition coefficient (Wildman–Crippen LogP) is 18.4. The Bertz CT molecular complexity index is 4410. The third-order valence-corrected chi connectivity index (χ3v) is 14.6. The highest BCUT2D eigenvalue weighted by Gasteiger charge is 2.21. The Kier molecular flexibility index (Phi) is 8.84. The molecule has 2 aromatic heterocycles. The van der Waals surface area contributed by atoms with Gasteiger partial charge in [0.15, 0.2) is 0 Å². The Balaban J connectivity index is 0.944. The Morgan fingerprint density at radius 3 is 1.61 bits per heavy atom. The summed E-state index contributed by atoms with van der Waals surface area (Å²) in [7, 11) is 0. The molecule has 2 nitrogen and oxygen atoms in total. The molecule has 1 aliphatic rings. The lowest BCUT2D eigenvalue weighted by Crippen LogP contribution is -1.98. The lowest BCUT2D eigenvalue weighted by molar-refractivity contribution is 1.18. The van der Waals surface area contributed by atoms with Crippen LogP contribution in [-0.4, -0.2) is 9.13 Å². The fourth-order valence-corrected chi connectivity index (χ4v) is 11.5. The first-order valence-electron chi connectivity index (χ1n) is 23.9. The van der Waals surface area contributed by atoms with Gasteiger partial charge < -0.3 is 9.13 Å².